The van der Waals surface area contributed by atoms with Crippen LogP contribution in [0.2, 0.25) is 0 Å². The van der Waals surface area contributed by atoms with E-state index >= 15 is 0 Å². The summed E-state index contributed by atoms with van der Waals surface area (Å²) in [5.41, 5.74) is 3.59. The number of benzene rings is 2. The zero-order valence-electron chi connectivity index (χ0n) is 17.9. The van der Waals surface area contributed by atoms with Crippen LogP contribution in [0.5, 0.6) is 0 Å². The van der Waals surface area contributed by atoms with Gasteiger partial charge in [0.25, 0.3) is 0 Å². The van der Waals surface area contributed by atoms with Crippen molar-refractivity contribution in [3.8, 4) is 0 Å². The van der Waals surface area contributed by atoms with Crippen LogP contribution >= 0.6 is 0 Å². The molecule has 160 valence electrons. The van der Waals surface area contributed by atoms with Crippen LogP contribution in [0.15, 0.2) is 65.6 Å². The summed E-state index contributed by atoms with van der Waals surface area (Å²) in [5.74, 6) is 0.319. The number of amides is 1. The molecule has 0 saturated heterocycles. The Morgan fingerprint density at radius 2 is 1.68 bits per heavy atom. The fourth-order valence-corrected chi connectivity index (χ4v) is 3.69. The average Bonchev–Trinajstić information content (AvgIpc) is 3.30. The maximum Gasteiger partial charge on any atom is 0.329 e. The van der Waals surface area contributed by atoms with E-state index in [0.29, 0.717) is 18.9 Å². The number of para-hydroxylation sites is 2. The minimum atomic E-state index is -0.272. The molecule has 8 nitrogen and oxygen atoms in total. The number of imidazole rings is 1. The van der Waals surface area contributed by atoms with Crippen molar-refractivity contribution < 1.29 is 4.79 Å². The molecule has 0 saturated carbocycles. The van der Waals surface area contributed by atoms with Gasteiger partial charge in [-0.25, -0.2) is 9.48 Å². The number of rotatable bonds is 7. The number of carbonyl (C=O) groups excluding carboxylic acids is 1. The third-order valence-electron chi connectivity index (χ3n) is 5.31. The summed E-state index contributed by atoms with van der Waals surface area (Å²) < 4.78 is 4.92. The highest BCUT2D eigenvalue weighted by Gasteiger charge is 2.15. The Balaban J connectivity index is 1.51. The number of nitrogens with one attached hydrogen (secondary N) is 1. The number of hydrogen-bond acceptors (Lipinski definition) is 4. The Morgan fingerprint density at radius 3 is 2.32 bits per heavy atom. The number of aromatic nitrogens is 4. The van der Waals surface area contributed by atoms with Crippen molar-refractivity contribution in [1.29, 1.82) is 0 Å². The van der Waals surface area contributed by atoms with Gasteiger partial charge in [0.05, 0.1) is 23.8 Å². The Hall–Kier alpha value is -3.81. The van der Waals surface area contributed by atoms with Gasteiger partial charge in [-0.05, 0) is 36.8 Å². The van der Waals surface area contributed by atoms with Crippen LogP contribution in [0.1, 0.15) is 12.5 Å². The van der Waals surface area contributed by atoms with Crippen molar-refractivity contribution >= 4 is 28.4 Å². The van der Waals surface area contributed by atoms with E-state index in [2.05, 4.69) is 10.4 Å². The SMILES string of the molecule is CCn1c(=O)n(CC(=O)Nc2ccnn2Cc2ccc(N(C)C)cc2)c2ccccc21. The van der Waals surface area contributed by atoms with Gasteiger partial charge in [0.1, 0.15) is 12.4 Å². The van der Waals surface area contributed by atoms with Crippen molar-refractivity contribution in [2.45, 2.75) is 26.6 Å². The standard InChI is InChI=1S/C23H26N6O2/c1-4-27-19-7-5-6-8-20(19)28(23(27)31)16-22(30)25-21-13-14-24-29(21)15-17-9-11-18(12-10-17)26(2)3/h5-14H,4,15-16H2,1-3H3,(H,25,30). The van der Waals surface area contributed by atoms with Crippen LogP contribution in [-0.2, 0) is 24.4 Å². The molecule has 1 N–H and O–H groups in total. The summed E-state index contributed by atoms with van der Waals surface area (Å²) >= 11 is 0. The molecule has 0 atom stereocenters. The summed E-state index contributed by atoms with van der Waals surface area (Å²) in [6.45, 7) is 2.94. The second-order valence-corrected chi connectivity index (χ2v) is 7.58. The van der Waals surface area contributed by atoms with Crippen molar-refractivity contribution in [1.82, 2.24) is 18.9 Å². The molecule has 0 aliphatic heterocycles. The Kier molecular flexibility index (Phi) is 5.62. The Labute approximate surface area is 180 Å². The molecule has 31 heavy (non-hydrogen) atoms. The molecule has 0 unspecified atom stereocenters. The largest absolute Gasteiger partial charge is 0.378 e. The van der Waals surface area contributed by atoms with Crippen molar-refractivity contribution in [3.05, 3.63) is 76.8 Å². The third kappa shape index (κ3) is 4.09. The van der Waals surface area contributed by atoms with Crippen LogP contribution in [0.25, 0.3) is 11.0 Å². The lowest BCUT2D eigenvalue weighted by molar-refractivity contribution is -0.116. The van der Waals surface area contributed by atoms with Gasteiger partial charge in [0.15, 0.2) is 0 Å². The van der Waals surface area contributed by atoms with E-state index in [9.17, 15) is 9.59 Å². The molecule has 2 aromatic heterocycles. The molecule has 2 aromatic carbocycles. The van der Waals surface area contributed by atoms with E-state index in [-0.39, 0.29) is 18.1 Å². The molecular weight excluding hydrogens is 392 g/mol. The predicted octanol–water partition coefficient (Wildman–Crippen LogP) is 2.77. The van der Waals surface area contributed by atoms with Crippen LogP contribution in [-0.4, -0.2) is 38.9 Å². The maximum absolute atomic E-state index is 12.8. The summed E-state index contributed by atoms with van der Waals surface area (Å²) in [4.78, 5) is 27.6. The number of carbonyl (C=O) groups is 1. The van der Waals surface area contributed by atoms with Crippen molar-refractivity contribution in [2.75, 3.05) is 24.3 Å². The van der Waals surface area contributed by atoms with E-state index in [1.165, 1.54) is 4.57 Å². The number of aryl methyl sites for hydroxylation is 1. The summed E-state index contributed by atoms with van der Waals surface area (Å²) in [6.07, 6.45) is 1.65. The van der Waals surface area contributed by atoms with Gasteiger partial charge < -0.3 is 10.2 Å². The first-order chi connectivity index (χ1) is 15.0. The second-order valence-electron chi connectivity index (χ2n) is 7.58. The molecular formula is C23H26N6O2. The summed E-state index contributed by atoms with van der Waals surface area (Å²) in [6, 6.07) is 17.5. The third-order valence-corrected chi connectivity index (χ3v) is 5.31. The van der Waals surface area contributed by atoms with E-state index in [4.69, 9.17) is 0 Å². The highest BCUT2D eigenvalue weighted by Crippen LogP contribution is 2.16. The van der Waals surface area contributed by atoms with Gasteiger partial charge in [0, 0.05) is 32.4 Å². The second kappa shape index (κ2) is 8.51. The molecule has 0 aliphatic rings. The van der Waals surface area contributed by atoms with Crippen LogP contribution in [0, 0.1) is 0 Å². The quantitative estimate of drug-likeness (QED) is 0.501. The molecule has 4 aromatic rings. The lowest BCUT2D eigenvalue weighted by atomic mass is 10.2. The smallest absolute Gasteiger partial charge is 0.329 e. The predicted molar refractivity (Wildman–Crippen MR) is 123 cm³/mol. The first-order valence-corrected chi connectivity index (χ1v) is 10.2. The Morgan fingerprint density at radius 1 is 1.00 bits per heavy atom. The van der Waals surface area contributed by atoms with Gasteiger partial charge in [-0.15, -0.1) is 0 Å². The molecule has 0 bridgehead atoms. The topological polar surface area (TPSA) is 77.1 Å². The Bertz CT molecular complexity index is 1260. The fourth-order valence-electron chi connectivity index (χ4n) is 3.69. The molecule has 0 radical (unpaired) electrons. The van der Waals surface area contributed by atoms with Gasteiger partial charge >= 0.3 is 5.69 Å². The molecule has 0 spiro atoms. The van der Waals surface area contributed by atoms with E-state index in [1.807, 2.05) is 74.4 Å². The lowest BCUT2D eigenvalue weighted by Gasteiger charge is -2.13. The minimum Gasteiger partial charge on any atom is -0.378 e. The number of anilines is 2. The van der Waals surface area contributed by atoms with Crippen LogP contribution < -0.4 is 15.9 Å². The monoisotopic (exact) mass is 418 g/mol. The van der Waals surface area contributed by atoms with Gasteiger partial charge in [-0.2, -0.15) is 5.10 Å². The first-order valence-electron chi connectivity index (χ1n) is 10.2. The van der Waals surface area contributed by atoms with Crippen molar-refractivity contribution in [2.24, 2.45) is 0 Å². The van der Waals surface area contributed by atoms with Gasteiger partial charge in [-0.1, -0.05) is 24.3 Å². The molecule has 4 rings (SSSR count). The highest BCUT2D eigenvalue weighted by molar-refractivity contribution is 5.90. The zero-order valence-corrected chi connectivity index (χ0v) is 17.9. The molecule has 2 heterocycles. The van der Waals surface area contributed by atoms with Gasteiger partial charge in [0.2, 0.25) is 5.91 Å². The summed E-state index contributed by atoms with van der Waals surface area (Å²) in [7, 11) is 4.00. The maximum atomic E-state index is 12.8. The van der Waals surface area contributed by atoms with Crippen LogP contribution in [0.3, 0.4) is 0 Å². The highest BCUT2D eigenvalue weighted by atomic mass is 16.2. The van der Waals surface area contributed by atoms with Gasteiger partial charge in [-0.3, -0.25) is 13.9 Å². The number of fused-ring (bicyclic) bond motifs is 1. The molecule has 1 amide bonds. The van der Waals surface area contributed by atoms with E-state index in [1.54, 1.807) is 21.5 Å². The van der Waals surface area contributed by atoms with E-state index in [0.717, 1.165) is 22.3 Å². The van der Waals surface area contributed by atoms with Crippen LogP contribution in [0.4, 0.5) is 11.5 Å². The lowest BCUT2D eigenvalue weighted by Crippen LogP contribution is -2.29. The molecule has 8 heteroatoms. The molecule has 0 fully saturated rings. The average molecular weight is 419 g/mol. The number of nitrogens with zero attached hydrogens (tertiary/aromatic N) is 5. The van der Waals surface area contributed by atoms with Crippen molar-refractivity contribution in [3.63, 3.8) is 0 Å². The molecule has 0 aliphatic carbocycles. The number of hydrogen-bond donors (Lipinski definition) is 1. The first kappa shape index (κ1) is 20.5. The summed E-state index contributed by atoms with van der Waals surface area (Å²) in [5, 5.41) is 7.23. The van der Waals surface area contributed by atoms with E-state index < -0.39 is 0 Å². The zero-order chi connectivity index (χ0) is 22.0. The normalized spacial score (nSPS) is 11.1. The fraction of sp³-hybridized carbons (Fsp3) is 0.261. The minimum absolute atomic E-state index is 0.0605.